The van der Waals surface area contributed by atoms with Crippen molar-refractivity contribution < 1.29 is 4.79 Å². The van der Waals surface area contributed by atoms with Gasteiger partial charge in [-0.15, -0.1) is 0 Å². The number of carbonyl (C=O) groups is 1. The molecule has 5 heteroatoms. The number of nitrogens with one attached hydrogen (secondary N) is 1. The zero-order chi connectivity index (χ0) is 18.8. The van der Waals surface area contributed by atoms with Gasteiger partial charge in [-0.3, -0.25) is 4.79 Å². The lowest BCUT2D eigenvalue weighted by molar-refractivity contribution is -0.115. The number of imidazole rings is 1. The summed E-state index contributed by atoms with van der Waals surface area (Å²) < 4.78 is 3.00. The van der Waals surface area contributed by atoms with Crippen LogP contribution in [0.15, 0.2) is 77.5 Å². The number of carbonyl (C=O) groups excluding carboxylic acids is 1. The van der Waals surface area contributed by atoms with Crippen molar-refractivity contribution in [2.45, 2.75) is 13.3 Å². The average Bonchev–Trinajstić information content (AvgIpc) is 3.09. The van der Waals surface area contributed by atoms with Gasteiger partial charge in [0.15, 0.2) is 0 Å². The van der Waals surface area contributed by atoms with Gasteiger partial charge in [-0.1, -0.05) is 52.3 Å². The van der Waals surface area contributed by atoms with Crippen molar-refractivity contribution >= 4 is 33.2 Å². The first kappa shape index (κ1) is 17.5. The fourth-order valence-electron chi connectivity index (χ4n) is 3.08. The minimum Gasteiger partial charge on any atom is -0.325 e. The van der Waals surface area contributed by atoms with Crippen LogP contribution in [0.5, 0.6) is 0 Å². The monoisotopic (exact) mass is 419 g/mol. The van der Waals surface area contributed by atoms with E-state index in [-0.39, 0.29) is 5.91 Å². The number of aryl methyl sites for hydroxylation is 1. The van der Waals surface area contributed by atoms with E-state index < -0.39 is 0 Å². The van der Waals surface area contributed by atoms with Crippen LogP contribution in [0.3, 0.4) is 0 Å². The standard InChI is InChI=1S/C22H18BrN3O/c1-15-5-4-12-26-14-20(25-22(15)26)18-6-2-3-7-19(18)24-21(27)13-16-8-10-17(23)11-9-16/h2-12,14H,13H2,1H3,(H,24,27). The summed E-state index contributed by atoms with van der Waals surface area (Å²) in [5.74, 6) is -0.0512. The van der Waals surface area contributed by atoms with Crippen molar-refractivity contribution in [2.24, 2.45) is 0 Å². The van der Waals surface area contributed by atoms with Crippen molar-refractivity contribution in [3.63, 3.8) is 0 Å². The Morgan fingerprint density at radius 3 is 2.63 bits per heavy atom. The Morgan fingerprint density at radius 1 is 1.07 bits per heavy atom. The Morgan fingerprint density at radius 2 is 1.85 bits per heavy atom. The van der Waals surface area contributed by atoms with Crippen molar-refractivity contribution in [2.75, 3.05) is 5.32 Å². The van der Waals surface area contributed by atoms with Gasteiger partial charge in [0.05, 0.1) is 17.8 Å². The van der Waals surface area contributed by atoms with Gasteiger partial charge in [-0.05, 0) is 42.3 Å². The number of nitrogens with zero attached hydrogens (tertiary/aromatic N) is 2. The zero-order valence-electron chi connectivity index (χ0n) is 14.8. The molecular formula is C22H18BrN3O. The molecule has 2 heterocycles. The molecule has 4 rings (SSSR count). The van der Waals surface area contributed by atoms with Gasteiger partial charge >= 0.3 is 0 Å². The molecule has 0 spiro atoms. The van der Waals surface area contributed by atoms with E-state index in [1.807, 2.05) is 84.4 Å². The molecule has 2 aromatic carbocycles. The van der Waals surface area contributed by atoms with Crippen molar-refractivity contribution in [3.05, 3.63) is 88.7 Å². The first-order chi connectivity index (χ1) is 13.1. The lowest BCUT2D eigenvalue weighted by Gasteiger charge is -2.09. The molecule has 27 heavy (non-hydrogen) atoms. The number of halogens is 1. The van der Waals surface area contributed by atoms with Gasteiger partial charge in [0.25, 0.3) is 0 Å². The first-order valence-corrected chi connectivity index (χ1v) is 9.47. The Balaban J connectivity index is 1.61. The summed E-state index contributed by atoms with van der Waals surface area (Å²) in [6.07, 6.45) is 4.29. The van der Waals surface area contributed by atoms with Crippen LogP contribution in [-0.2, 0) is 11.2 Å². The molecule has 134 valence electrons. The number of aromatic nitrogens is 2. The second kappa shape index (κ2) is 7.37. The summed E-state index contributed by atoms with van der Waals surface area (Å²) in [6, 6.07) is 19.6. The van der Waals surface area contributed by atoms with Gasteiger partial charge in [-0.25, -0.2) is 4.98 Å². The largest absolute Gasteiger partial charge is 0.325 e. The van der Waals surface area contributed by atoms with Gasteiger partial charge in [0.2, 0.25) is 5.91 Å². The summed E-state index contributed by atoms with van der Waals surface area (Å²) in [4.78, 5) is 17.3. The minimum absolute atomic E-state index is 0.0512. The van der Waals surface area contributed by atoms with Crippen molar-refractivity contribution in [1.82, 2.24) is 9.38 Å². The molecule has 4 nitrogen and oxygen atoms in total. The number of rotatable bonds is 4. The highest BCUT2D eigenvalue weighted by molar-refractivity contribution is 9.10. The maximum absolute atomic E-state index is 12.5. The maximum Gasteiger partial charge on any atom is 0.228 e. The zero-order valence-corrected chi connectivity index (χ0v) is 16.4. The lowest BCUT2D eigenvalue weighted by Crippen LogP contribution is -2.15. The summed E-state index contributed by atoms with van der Waals surface area (Å²) in [7, 11) is 0. The van der Waals surface area contributed by atoms with E-state index in [1.165, 1.54) is 0 Å². The number of para-hydroxylation sites is 1. The molecule has 1 N–H and O–H groups in total. The SMILES string of the molecule is Cc1cccn2cc(-c3ccccc3NC(=O)Cc3ccc(Br)cc3)nc12. The van der Waals surface area contributed by atoms with E-state index in [0.29, 0.717) is 6.42 Å². The molecule has 0 fully saturated rings. The number of amides is 1. The van der Waals surface area contributed by atoms with E-state index in [2.05, 4.69) is 21.2 Å². The highest BCUT2D eigenvalue weighted by Crippen LogP contribution is 2.28. The van der Waals surface area contributed by atoms with Crippen molar-refractivity contribution in [1.29, 1.82) is 0 Å². The number of benzene rings is 2. The molecule has 0 bridgehead atoms. The smallest absolute Gasteiger partial charge is 0.228 e. The predicted molar refractivity (Wildman–Crippen MR) is 112 cm³/mol. The van der Waals surface area contributed by atoms with E-state index in [4.69, 9.17) is 4.98 Å². The van der Waals surface area contributed by atoms with Gasteiger partial charge in [0, 0.05) is 22.4 Å². The molecule has 0 aliphatic carbocycles. The summed E-state index contributed by atoms with van der Waals surface area (Å²) in [6.45, 7) is 2.04. The van der Waals surface area contributed by atoms with Crippen LogP contribution in [-0.4, -0.2) is 15.3 Å². The molecule has 0 saturated carbocycles. The molecule has 4 aromatic rings. The number of fused-ring (bicyclic) bond motifs is 1. The Hall–Kier alpha value is -2.92. The van der Waals surface area contributed by atoms with Crippen LogP contribution in [0.25, 0.3) is 16.9 Å². The van der Waals surface area contributed by atoms with E-state index in [1.54, 1.807) is 0 Å². The molecule has 0 saturated heterocycles. The summed E-state index contributed by atoms with van der Waals surface area (Å²) in [5, 5.41) is 3.03. The Labute approximate surface area is 166 Å². The first-order valence-electron chi connectivity index (χ1n) is 8.68. The molecule has 0 radical (unpaired) electrons. The maximum atomic E-state index is 12.5. The molecule has 1 amide bonds. The topological polar surface area (TPSA) is 46.4 Å². The van der Waals surface area contributed by atoms with Crippen LogP contribution < -0.4 is 5.32 Å². The molecule has 0 aliphatic heterocycles. The van der Waals surface area contributed by atoms with Crippen molar-refractivity contribution in [3.8, 4) is 11.3 Å². The molecule has 0 atom stereocenters. The molecule has 2 aromatic heterocycles. The Kier molecular flexibility index (Phi) is 4.77. The lowest BCUT2D eigenvalue weighted by atomic mass is 10.1. The third-order valence-corrected chi connectivity index (χ3v) is 4.96. The summed E-state index contributed by atoms with van der Waals surface area (Å²) in [5.41, 5.74) is 5.51. The number of hydrogen-bond acceptors (Lipinski definition) is 2. The van der Waals surface area contributed by atoms with Crippen LogP contribution in [0.4, 0.5) is 5.69 Å². The fourth-order valence-corrected chi connectivity index (χ4v) is 3.35. The fraction of sp³-hybridized carbons (Fsp3) is 0.0909. The second-order valence-corrected chi connectivity index (χ2v) is 7.36. The number of anilines is 1. The van der Waals surface area contributed by atoms with Crippen LogP contribution in [0.1, 0.15) is 11.1 Å². The quantitative estimate of drug-likeness (QED) is 0.490. The predicted octanol–water partition coefficient (Wildman–Crippen LogP) is 5.25. The van der Waals surface area contributed by atoms with Gasteiger partial charge in [0.1, 0.15) is 5.65 Å². The molecular weight excluding hydrogens is 402 g/mol. The highest BCUT2D eigenvalue weighted by atomic mass is 79.9. The number of pyridine rings is 1. The average molecular weight is 420 g/mol. The summed E-state index contributed by atoms with van der Waals surface area (Å²) >= 11 is 3.41. The van der Waals surface area contributed by atoms with Crippen LogP contribution in [0.2, 0.25) is 0 Å². The third kappa shape index (κ3) is 3.78. The van der Waals surface area contributed by atoms with Gasteiger partial charge in [-0.2, -0.15) is 0 Å². The normalized spacial score (nSPS) is 10.9. The third-order valence-electron chi connectivity index (χ3n) is 4.43. The second-order valence-electron chi connectivity index (χ2n) is 6.45. The van der Waals surface area contributed by atoms with Crippen LogP contribution in [0, 0.1) is 6.92 Å². The van der Waals surface area contributed by atoms with E-state index in [0.717, 1.165) is 38.2 Å². The van der Waals surface area contributed by atoms with E-state index >= 15 is 0 Å². The Bertz CT molecular complexity index is 1120. The minimum atomic E-state index is -0.0512. The molecule has 0 unspecified atom stereocenters. The van der Waals surface area contributed by atoms with Crippen LogP contribution >= 0.6 is 15.9 Å². The molecule has 0 aliphatic rings. The number of hydrogen-bond donors (Lipinski definition) is 1. The van der Waals surface area contributed by atoms with E-state index in [9.17, 15) is 4.79 Å². The highest BCUT2D eigenvalue weighted by Gasteiger charge is 2.12. The van der Waals surface area contributed by atoms with Gasteiger partial charge < -0.3 is 9.72 Å².